The number of amides is 1. The summed E-state index contributed by atoms with van der Waals surface area (Å²) in [5.41, 5.74) is 2.08. The van der Waals surface area contributed by atoms with Gasteiger partial charge in [-0.25, -0.2) is 13.2 Å². The number of hydrogen-bond donors (Lipinski definition) is 2. The number of aryl methyl sites for hydroxylation is 1. The predicted octanol–water partition coefficient (Wildman–Crippen LogP) is 5.08. The molecule has 34 heavy (non-hydrogen) atoms. The summed E-state index contributed by atoms with van der Waals surface area (Å²) >= 11 is 0. The first-order valence-electron chi connectivity index (χ1n) is 11.0. The zero-order valence-electron chi connectivity index (χ0n) is 18.6. The van der Waals surface area contributed by atoms with Crippen LogP contribution >= 0.6 is 0 Å². The van der Waals surface area contributed by atoms with Gasteiger partial charge in [0.2, 0.25) is 0 Å². The fraction of sp³-hybridized carbons (Fsp3) is 0.200. The SMILES string of the molecule is CCCc1oc2cc(NS(=O)(=O)c3ccc4c5c(cccc35)C(=O)N4)ccc2c1C(=O)OCC. The van der Waals surface area contributed by atoms with Gasteiger partial charge in [0.15, 0.2) is 0 Å². The Balaban J connectivity index is 1.55. The van der Waals surface area contributed by atoms with Crippen LogP contribution in [0.4, 0.5) is 11.4 Å². The van der Waals surface area contributed by atoms with Gasteiger partial charge < -0.3 is 14.5 Å². The van der Waals surface area contributed by atoms with E-state index in [9.17, 15) is 18.0 Å². The minimum Gasteiger partial charge on any atom is -0.462 e. The molecule has 0 atom stereocenters. The Kier molecular flexibility index (Phi) is 5.28. The molecule has 2 heterocycles. The standard InChI is InChI=1S/C25H22N2O6S/c1-3-6-19-23(25(29)32-4-2)15-10-9-14(13-20(15)33-19)27-34(30,31)21-12-11-18-22-16(21)7-5-8-17(22)24(28)26-18/h5,7-13,27H,3-4,6H2,1-2H3,(H,26,28). The lowest BCUT2D eigenvalue weighted by Crippen LogP contribution is -2.13. The number of furan rings is 1. The van der Waals surface area contributed by atoms with Crippen molar-refractivity contribution >= 4 is 55.0 Å². The van der Waals surface area contributed by atoms with Crippen LogP contribution in [0.2, 0.25) is 0 Å². The Morgan fingerprint density at radius 2 is 1.91 bits per heavy atom. The highest BCUT2D eigenvalue weighted by Gasteiger charge is 2.27. The van der Waals surface area contributed by atoms with E-state index in [-0.39, 0.29) is 23.1 Å². The van der Waals surface area contributed by atoms with E-state index in [4.69, 9.17) is 9.15 Å². The first kappa shape index (κ1) is 22.0. The third kappa shape index (κ3) is 3.49. The molecule has 9 heteroatoms. The van der Waals surface area contributed by atoms with Gasteiger partial charge >= 0.3 is 5.97 Å². The van der Waals surface area contributed by atoms with Crippen LogP contribution in [-0.4, -0.2) is 26.9 Å². The molecular formula is C25H22N2O6S. The number of benzene rings is 3. The predicted molar refractivity (Wildman–Crippen MR) is 129 cm³/mol. The van der Waals surface area contributed by atoms with Crippen LogP contribution in [0.25, 0.3) is 21.7 Å². The van der Waals surface area contributed by atoms with Crippen molar-refractivity contribution < 1.29 is 27.2 Å². The fourth-order valence-electron chi connectivity index (χ4n) is 4.35. The third-order valence-electron chi connectivity index (χ3n) is 5.75. The van der Waals surface area contributed by atoms with Crippen molar-refractivity contribution in [2.45, 2.75) is 31.6 Å². The molecule has 174 valence electrons. The second kappa shape index (κ2) is 8.18. The van der Waals surface area contributed by atoms with Gasteiger partial charge in [-0.1, -0.05) is 19.1 Å². The molecular weight excluding hydrogens is 456 g/mol. The average molecular weight is 479 g/mol. The Labute approximate surface area is 195 Å². The molecule has 0 radical (unpaired) electrons. The summed E-state index contributed by atoms with van der Waals surface area (Å²) in [5, 5.41) is 4.36. The fourth-order valence-corrected chi connectivity index (χ4v) is 5.60. The topological polar surface area (TPSA) is 115 Å². The highest BCUT2D eigenvalue weighted by Crippen LogP contribution is 2.37. The van der Waals surface area contributed by atoms with Gasteiger partial charge in [-0.15, -0.1) is 0 Å². The molecule has 0 saturated heterocycles. The zero-order valence-corrected chi connectivity index (χ0v) is 19.4. The molecule has 1 aromatic heterocycles. The first-order valence-corrected chi connectivity index (χ1v) is 12.4. The van der Waals surface area contributed by atoms with E-state index < -0.39 is 16.0 Å². The van der Waals surface area contributed by atoms with E-state index >= 15 is 0 Å². The highest BCUT2D eigenvalue weighted by molar-refractivity contribution is 7.93. The summed E-state index contributed by atoms with van der Waals surface area (Å²) in [7, 11) is -3.99. The normalized spacial score (nSPS) is 12.8. The van der Waals surface area contributed by atoms with E-state index in [0.717, 1.165) is 6.42 Å². The van der Waals surface area contributed by atoms with E-state index in [1.807, 2.05) is 6.92 Å². The Morgan fingerprint density at radius 1 is 1.09 bits per heavy atom. The molecule has 2 N–H and O–H groups in total. The van der Waals surface area contributed by atoms with Gasteiger partial charge in [-0.2, -0.15) is 0 Å². The lowest BCUT2D eigenvalue weighted by atomic mass is 10.1. The lowest BCUT2D eigenvalue weighted by Gasteiger charge is -2.11. The van der Waals surface area contributed by atoms with Gasteiger partial charge in [0.25, 0.3) is 15.9 Å². The van der Waals surface area contributed by atoms with Crippen LogP contribution in [0.15, 0.2) is 57.8 Å². The second-order valence-electron chi connectivity index (χ2n) is 7.98. The van der Waals surface area contributed by atoms with Gasteiger partial charge in [0, 0.05) is 39.9 Å². The van der Waals surface area contributed by atoms with Crippen molar-refractivity contribution in [3.63, 3.8) is 0 Å². The van der Waals surface area contributed by atoms with Crippen molar-refractivity contribution in [1.82, 2.24) is 0 Å². The molecule has 5 rings (SSSR count). The molecule has 1 amide bonds. The molecule has 0 unspecified atom stereocenters. The first-order chi connectivity index (χ1) is 16.3. The number of nitrogens with one attached hydrogen (secondary N) is 2. The van der Waals surface area contributed by atoms with E-state index in [1.165, 1.54) is 6.07 Å². The minimum atomic E-state index is -3.99. The van der Waals surface area contributed by atoms with Crippen molar-refractivity contribution in [2.75, 3.05) is 16.6 Å². The van der Waals surface area contributed by atoms with Crippen LogP contribution in [0.3, 0.4) is 0 Å². The Morgan fingerprint density at radius 3 is 2.68 bits per heavy atom. The summed E-state index contributed by atoms with van der Waals surface area (Å²) < 4.78 is 40.3. The second-order valence-corrected chi connectivity index (χ2v) is 9.63. The molecule has 0 fully saturated rings. The maximum atomic E-state index is 13.3. The minimum absolute atomic E-state index is 0.0584. The number of rotatable bonds is 7. The van der Waals surface area contributed by atoms with Crippen molar-refractivity contribution in [1.29, 1.82) is 0 Å². The number of anilines is 2. The molecule has 0 aliphatic carbocycles. The van der Waals surface area contributed by atoms with Crippen LogP contribution < -0.4 is 10.0 Å². The summed E-state index contributed by atoms with van der Waals surface area (Å²) in [5.74, 6) is -0.207. The van der Waals surface area contributed by atoms with Crippen LogP contribution in [0.5, 0.6) is 0 Å². The van der Waals surface area contributed by atoms with E-state index in [0.29, 0.717) is 50.7 Å². The highest BCUT2D eigenvalue weighted by atomic mass is 32.2. The van der Waals surface area contributed by atoms with Crippen molar-refractivity contribution in [2.24, 2.45) is 0 Å². The summed E-state index contributed by atoms with van der Waals surface area (Å²) in [4.78, 5) is 24.7. The molecule has 1 aliphatic heterocycles. The maximum Gasteiger partial charge on any atom is 0.342 e. The van der Waals surface area contributed by atoms with Gasteiger partial charge in [0.05, 0.1) is 17.2 Å². The van der Waals surface area contributed by atoms with Crippen molar-refractivity contribution in [3.8, 4) is 0 Å². The average Bonchev–Trinajstić information content (AvgIpc) is 3.32. The summed E-state index contributed by atoms with van der Waals surface area (Å²) in [6, 6.07) is 12.8. The molecule has 3 aromatic carbocycles. The molecule has 8 nitrogen and oxygen atoms in total. The molecule has 4 aromatic rings. The number of sulfonamides is 1. The maximum absolute atomic E-state index is 13.3. The van der Waals surface area contributed by atoms with Gasteiger partial charge in [0.1, 0.15) is 16.9 Å². The summed E-state index contributed by atoms with van der Waals surface area (Å²) in [6.45, 7) is 3.95. The monoisotopic (exact) mass is 478 g/mol. The van der Waals surface area contributed by atoms with Crippen LogP contribution in [0, 0.1) is 0 Å². The van der Waals surface area contributed by atoms with E-state index in [2.05, 4.69) is 10.0 Å². The molecule has 1 aliphatic rings. The molecule has 0 saturated carbocycles. The van der Waals surface area contributed by atoms with Crippen LogP contribution in [0.1, 0.15) is 46.7 Å². The Bertz CT molecular complexity index is 1590. The van der Waals surface area contributed by atoms with Crippen LogP contribution in [-0.2, 0) is 21.2 Å². The van der Waals surface area contributed by atoms with Crippen molar-refractivity contribution in [3.05, 3.63) is 65.4 Å². The molecule has 0 spiro atoms. The number of esters is 1. The largest absolute Gasteiger partial charge is 0.462 e. The Hall–Kier alpha value is -3.85. The van der Waals surface area contributed by atoms with Gasteiger partial charge in [-0.05, 0) is 43.7 Å². The number of carbonyl (C=O) groups is 2. The molecule has 0 bridgehead atoms. The lowest BCUT2D eigenvalue weighted by molar-refractivity contribution is 0.0525. The van der Waals surface area contributed by atoms with E-state index in [1.54, 1.807) is 49.4 Å². The van der Waals surface area contributed by atoms with Gasteiger partial charge in [-0.3, -0.25) is 9.52 Å². The quantitative estimate of drug-likeness (QED) is 0.358. The number of fused-ring (bicyclic) bond motifs is 1. The summed E-state index contributed by atoms with van der Waals surface area (Å²) in [6.07, 6.45) is 1.32. The number of ether oxygens (including phenoxy) is 1. The number of hydrogen-bond acceptors (Lipinski definition) is 6. The smallest absolute Gasteiger partial charge is 0.342 e. The third-order valence-corrected chi connectivity index (χ3v) is 7.19. The number of carbonyl (C=O) groups excluding carboxylic acids is 2. The zero-order chi connectivity index (χ0) is 24.0.